The lowest BCUT2D eigenvalue weighted by Gasteiger charge is -2.14. The molecule has 0 aromatic heterocycles. The summed E-state index contributed by atoms with van der Waals surface area (Å²) in [6.45, 7) is 6.85. The summed E-state index contributed by atoms with van der Waals surface area (Å²) in [5.41, 5.74) is 2.25. The highest BCUT2D eigenvalue weighted by atomic mass is 14.3. The Labute approximate surface area is 58.0 Å². The van der Waals surface area contributed by atoms with Crippen LogP contribution in [0.1, 0.15) is 40.0 Å². The topological polar surface area (TPSA) is 0 Å². The Morgan fingerprint density at radius 3 is 2.33 bits per heavy atom. The van der Waals surface area contributed by atoms with Crippen molar-refractivity contribution in [3.63, 3.8) is 0 Å². The fraction of sp³-hybridized carbons (Fsp3) is 0.778. The van der Waals surface area contributed by atoms with Gasteiger partial charge in [0.1, 0.15) is 0 Å². The lowest BCUT2D eigenvalue weighted by Crippen LogP contribution is -2.02. The van der Waals surface area contributed by atoms with E-state index in [-0.39, 0.29) is 0 Å². The standard InChI is InChI=1S/C9H16/c1-4-8-5-6-9(2,3)7-8/h4H,5-7H2,1-3H3/b8-4+. The quantitative estimate of drug-likeness (QED) is 0.435. The van der Waals surface area contributed by atoms with Gasteiger partial charge in [0, 0.05) is 0 Å². The van der Waals surface area contributed by atoms with Crippen LogP contribution in [-0.4, -0.2) is 0 Å². The van der Waals surface area contributed by atoms with Crippen LogP contribution in [0.5, 0.6) is 0 Å². The maximum Gasteiger partial charge on any atom is -0.0269 e. The van der Waals surface area contributed by atoms with Gasteiger partial charge in [-0.05, 0) is 31.6 Å². The molecule has 0 N–H and O–H groups in total. The largest absolute Gasteiger partial charge is 0.0884 e. The second kappa shape index (κ2) is 2.17. The molecule has 0 atom stereocenters. The van der Waals surface area contributed by atoms with Gasteiger partial charge in [-0.3, -0.25) is 0 Å². The molecule has 0 nitrogen and oxygen atoms in total. The van der Waals surface area contributed by atoms with Crippen LogP contribution in [0.15, 0.2) is 11.6 Å². The summed E-state index contributed by atoms with van der Waals surface area (Å²) < 4.78 is 0. The van der Waals surface area contributed by atoms with Crippen molar-refractivity contribution in [2.75, 3.05) is 0 Å². The first-order chi connectivity index (χ1) is 4.14. The average molecular weight is 124 g/mol. The van der Waals surface area contributed by atoms with Crippen LogP contribution >= 0.6 is 0 Å². The molecule has 0 aromatic carbocycles. The van der Waals surface area contributed by atoms with Gasteiger partial charge in [0.05, 0.1) is 0 Å². The molecule has 0 aromatic rings. The van der Waals surface area contributed by atoms with E-state index in [4.69, 9.17) is 0 Å². The molecule has 0 heterocycles. The van der Waals surface area contributed by atoms with E-state index in [2.05, 4.69) is 26.8 Å². The van der Waals surface area contributed by atoms with Crippen LogP contribution in [0.25, 0.3) is 0 Å². The first kappa shape index (κ1) is 6.85. The van der Waals surface area contributed by atoms with E-state index in [1.807, 2.05) is 0 Å². The zero-order chi connectivity index (χ0) is 6.91. The Morgan fingerprint density at radius 2 is 2.11 bits per heavy atom. The number of hydrogen-bond donors (Lipinski definition) is 0. The van der Waals surface area contributed by atoms with E-state index in [0.29, 0.717) is 5.41 Å². The normalized spacial score (nSPS) is 29.4. The van der Waals surface area contributed by atoms with Gasteiger partial charge in [-0.2, -0.15) is 0 Å². The maximum absolute atomic E-state index is 2.35. The third kappa shape index (κ3) is 1.57. The molecular formula is C9H16. The van der Waals surface area contributed by atoms with Crippen molar-refractivity contribution in [3.05, 3.63) is 11.6 Å². The SMILES string of the molecule is C/C=C1\CCC(C)(C)C1. The van der Waals surface area contributed by atoms with Crippen LogP contribution in [0.4, 0.5) is 0 Å². The average Bonchev–Trinajstić information content (AvgIpc) is 2.10. The van der Waals surface area contributed by atoms with E-state index in [9.17, 15) is 0 Å². The van der Waals surface area contributed by atoms with Crippen molar-refractivity contribution in [2.24, 2.45) is 5.41 Å². The molecule has 0 saturated heterocycles. The minimum absolute atomic E-state index is 0.599. The lowest BCUT2D eigenvalue weighted by atomic mass is 9.92. The third-order valence-electron chi connectivity index (χ3n) is 2.24. The Morgan fingerprint density at radius 1 is 1.44 bits per heavy atom. The highest BCUT2D eigenvalue weighted by Gasteiger charge is 2.25. The van der Waals surface area contributed by atoms with Gasteiger partial charge in [0.2, 0.25) is 0 Å². The summed E-state index contributed by atoms with van der Waals surface area (Å²) in [5, 5.41) is 0. The number of hydrogen-bond acceptors (Lipinski definition) is 0. The van der Waals surface area contributed by atoms with Crippen molar-refractivity contribution >= 4 is 0 Å². The van der Waals surface area contributed by atoms with E-state index in [1.165, 1.54) is 19.3 Å². The Kier molecular flexibility index (Phi) is 1.65. The highest BCUT2D eigenvalue weighted by Crippen LogP contribution is 2.40. The number of rotatable bonds is 0. The molecule has 0 amide bonds. The van der Waals surface area contributed by atoms with Gasteiger partial charge >= 0.3 is 0 Å². The molecular weight excluding hydrogens is 108 g/mol. The molecule has 0 aliphatic heterocycles. The van der Waals surface area contributed by atoms with Crippen LogP contribution < -0.4 is 0 Å². The Bertz CT molecular complexity index is 129. The number of allylic oxidation sites excluding steroid dienone is 2. The molecule has 0 radical (unpaired) electrons. The van der Waals surface area contributed by atoms with E-state index in [1.54, 1.807) is 5.57 Å². The summed E-state index contributed by atoms with van der Waals surface area (Å²) in [7, 11) is 0. The van der Waals surface area contributed by atoms with E-state index in [0.717, 1.165) is 0 Å². The molecule has 9 heavy (non-hydrogen) atoms. The van der Waals surface area contributed by atoms with Crippen molar-refractivity contribution in [1.29, 1.82) is 0 Å². The second-order valence-corrected chi connectivity index (χ2v) is 3.79. The van der Waals surface area contributed by atoms with Crippen molar-refractivity contribution in [3.8, 4) is 0 Å². The molecule has 0 bridgehead atoms. The molecule has 0 spiro atoms. The summed E-state index contributed by atoms with van der Waals surface area (Å²) in [6.07, 6.45) is 6.31. The molecule has 1 rings (SSSR count). The summed E-state index contributed by atoms with van der Waals surface area (Å²) in [5.74, 6) is 0. The second-order valence-electron chi connectivity index (χ2n) is 3.79. The van der Waals surface area contributed by atoms with Crippen LogP contribution in [0.2, 0.25) is 0 Å². The molecule has 1 aliphatic carbocycles. The smallest absolute Gasteiger partial charge is 0.0269 e. The monoisotopic (exact) mass is 124 g/mol. The van der Waals surface area contributed by atoms with Crippen molar-refractivity contribution in [2.45, 2.75) is 40.0 Å². The van der Waals surface area contributed by atoms with Gasteiger partial charge in [-0.25, -0.2) is 0 Å². The van der Waals surface area contributed by atoms with Crippen LogP contribution in [-0.2, 0) is 0 Å². The van der Waals surface area contributed by atoms with E-state index < -0.39 is 0 Å². The molecule has 1 saturated carbocycles. The fourth-order valence-corrected chi connectivity index (χ4v) is 1.54. The van der Waals surface area contributed by atoms with Gasteiger partial charge in [-0.1, -0.05) is 25.5 Å². The van der Waals surface area contributed by atoms with E-state index >= 15 is 0 Å². The molecule has 0 unspecified atom stereocenters. The highest BCUT2D eigenvalue weighted by molar-refractivity contribution is 5.09. The fourth-order valence-electron chi connectivity index (χ4n) is 1.54. The first-order valence-corrected chi connectivity index (χ1v) is 3.78. The minimum atomic E-state index is 0.599. The molecule has 1 fully saturated rings. The Balaban J connectivity index is 2.57. The van der Waals surface area contributed by atoms with Crippen LogP contribution in [0, 0.1) is 5.41 Å². The van der Waals surface area contributed by atoms with Gasteiger partial charge in [-0.15, -0.1) is 0 Å². The summed E-state index contributed by atoms with van der Waals surface area (Å²) in [6, 6.07) is 0. The molecule has 52 valence electrons. The van der Waals surface area contributed by atoms with Crippen molar-refractivity contribution < 1.29 is 0 Å². The lowest BCUT2D eigenvalue weighted by molar-refractivity contribution is 0.389. The van der Waals surface area contributed by atoms with Gasteiger partial charge in [0.25, 0.3) is 0 Å². The molecule has 1 aliphatic rings. The van der Waals surface area contributed by atoms with Gasteiger partial charge < -0.3 is 0 Å². The summed E-state index contributed by atoms with van der Waals surface area (Å²) in [4.78, 5) is 0. The van der Waals surface area contributed by atoms with Crippen LogP contribution in [0.3, 0.4) is 0 Å². The zero-order valence-electron chi connectivity index (χ0n) is 6.70. The third-order valence-corrected chi connectivity index (χ3v) is 2.24. The predicted octanol–water partition coefficient (Wildman–Crippen LogP) is 3.14. The zero-order valence-corrected chi connectivity index (χ0v) is 6.70. The molecule has 0 heteroatoms. The minimum Gasteiger partial charge on any atom is -0.0884 e. The maximum atomic E-state index is 2.35. The van der Waals surface area contributed by atoms with Crippen molar-refractivity contribution in [1.82, 2.24) is 0 Å². The Hall–Kier alpha value is -0.260. The van der Waals surface area contributed by atoms with Gasteiger partial charge in [0.15, 0.2) is 0 Å². The first-order valence-electron chi connectivity index (χ1n) is 3.78. The predicted molar refractivity (Wildman–Crippen MR) is 41.4 cm³/mol. The summed E-state index contributed by atoms with van der Waals surface area (Å²) >= 11 is 0.